The molecule has 1 aromatic carbocycles. The first-order valence-corrected chi connectivity index (χ1v) is 26.8. The van der Waals surface area contributed by atoms with Crippen molar-refractivity contribution in [3.63, 3.8) is 0 Å². The van der Waals surface area contributed by atoms with Gasteiger partial charge in [0, 0.05) is 24.1 Å². The summed E-state index contributed by atoms with van der Waals surface area (Å²) in [5.74, 6) is 2.03. The highest BCUT2D eigenvalue weighted by Crippen LogP contribution is 2.43. The largest absolute Gasteiger partial charge is 0.484 e. The zero-order chi connectivity index (χ0) is 46.1. The lowest BCUT2D eigenvalue weighted by atomic mass is 9.85. The average Bonchev–Trinajstić information content (AvgIpc) is 3.95. The summed E-state index contributed by atoms with van der Waals surface area (Å²) in [6.07, 6.45) is 9.43. The van der Waals surface area contributed by atoms with Crippen molar-refractivity contribution in [1.82, 2.24) is 39.5 Å². The van der Waals surface area contributed by atoms with E-state index in [0.717, 1.165) is 59.8 Å². The summed E-state index contributed by atoms with van der Waals surface area (Å²) in [5.41, 5.74) is 5.49. The molecule has 2 aliphatic rings. The van der Waals surface area contributed by atoms with Crippen molar-refractivity contribution in [2.24, 2.45) is 0 Å². The number of ether oxygens (including phenoxy) is 1. The van der Waals surface area contributed by atoms with Gasteiger partial charge in [-0.05, 0) is 78.9 Å². The zero-order valence-electron chi connectivity index (χ0n) is 39.5. The minimum atomic E-state index is -3.65. The molecule has 3 atom stereocenters. The molecule has 0 saturated carbocycles. The predicted molar refractivity (Wildman–Crippen MR) is 252 cm³/mol. The number of urea groups is 1. The van der Waals surface area contributed by atoms with E-state index < -0.39 is 18.4 Å². The van der Waals surface area contributed by atoms with Crippen LogP contribution in [0.15, 0.2) is 54.9 Å². The van der Waals surface area contributed by atoms with E-state index in [9.17, 15) is 13.2 Å². The van der Waals surface area contributed by atoms with Gasteiger partial charge in [0.15, 0.2) is 5.65 Å². The highest BCUT2D eigenvalue weighted by Gasteiger charge is 2.45. The first kappa shape index (κ1) is 47.2. The molecular formula is C46H68N10O6SSi. The number of hydrogen-bond acceptors (Lipinski definition) is 11. The molecule has 2 amide bonds. The van der Waals surface area contributed by atoms with Crippen LogP contribution in [0.1, 0.15) is 136 Å². The van der Waals surface area contributed by atoms with Gasteiger partial charge in [-0.2, -0.15) is 18.6 Å². The molecule has 7 rings (SSSR count). The standard InChI is InChI=1S/C46H68N10O6SSi/c1-30(2)64(31(3)4,32(5)6)61-29-38-39(28-53(51-38)24-25-60-63(11,58)59)56-43(26-41(52-56)46(8,9)10)48-44(57)47-37-20-21-40(36-18-13-12-17-35(36)37)62-34-19-22-42-49-50-45(55(42)27-34)54-23-15-14-16-33(54)7/h12-13,17-19,22,26-28,30-33,37,40H,14-16,20-21,23-25,29H2,1-11H3,(H2,47,48,57)/t33-,37-,40+/m0/s1. The third-order valence-electron chi connectivity index (χ3n) is 13.0. The van der Waals surface area contributed by atoms with Gasteiger partial charge in [0.1, 0.15) is 29.1 Å². The number of carbonyl (C=O) groups is 1. The predicted octanol–water partition coefficient (Wildman–Crippen LogP) is 9.23. The van der Waals surface area contributed by atoms with Crippen LogP contribution in [-0.4, -0.2) is 82.4 Å². The Morgan fingerprint density at radius 3 is 2.31 bits per heavy atom. The summed E-state index contributed by atoms with van der Waals surface area (Å²) in [6, 6.07) is 13.7. The quantitative estimate of drug-likeness (QED) is 0.0714. The van der Waals surface area contributed by atoms with E-state index in [1.807, 2.05) is 47.1 Å². The number of fused-ring (bicyclic) bond motifs is 2. The first-order valence-electron chi connectivity index (χ1n) is 22.8. The van der Waals surface area contributed by atoms with Crippen LogP contribution >= 0.6 is 0 Å². The molecule has 2 N–H and O–H groups in total. The number of pyridine rings is 1. The molecule has 1 saturated heterocycles. The molecule has 0 spiro atoms. The van der Waals surface area contributed by atoms with Gasteiger partial charge >= 0.3 is 6.03 Å². The number of nitrogens with one attached hydrogen (secondary N) is 2. The Labute approximate surface area is 379 Å². The van der Waals surface area contributed by atoms with Gasteiger partial charge < -0.3 is 19.4 Å². The van der Waals surface area contributed by atoms with E-state index in [1.54, 1.807) is 9.36 Å². The number of amides is 2. The number of benzene rings is 1. The number of aromatic nitrogens is 7. The Morgan fingerprint density at radius 2 is 1.64 bits per heavy atom. The SMILES string of the molecule is CC(C)[Si](OCc1nn(CCOS(C)(=O)=O)cc1-n1nc(C(C)(C)C)cc1NC(=O)N[C@H]1CC[C@@H](Oc2ccc3nnc(N4CCCC[C@@H]4C)n3c2)c2ccccc21)(C(C)C)C(C)C. The second kappa shape index (κ2) is 19.0. The van der Waals surface area contributed by atoms with Crippen LogP contribution in [-0.2, 0) is 37.3 Å². The number of piperidine rings is 1. The van der Waals surface area contributed by atoms with E-state index in [1.165, 1.54) is 6.42 Å². The molecule has 0 unspecified atom stereocenters. The lowest BCUT2D eigenvalue weighted by molar-refractivity contribution is 0.171. The van der Waals surface area contributed by atoms with E-state index in [4.69, 9.17) is 23.5 Å². The normalized spacial score (nSPS) is 18.6. The highest BCUT2D eigenvalue weighted by atomic mass is 32.2. The third-order valence-corrected chi connectivity index (χ3v) is 19.6. The molecule has 1 aliphatic heterocycles. The average molecular weight is 917 g/mol. The number of anilines is 2. The number of nitrogens with zero attached hydrogens (tertiary/aromatic N) is 8. The molecular weight excluding hydrogens is 849 g/mol. The third kappa shape index (κ3) is 10.2. The fourth-order valence-electron chi connectivity index (χ4n) is 9.86. The Kier molecular flexibility index (Phi) is 14.0. The minimum absolute atomic E-state index is 0.0894. The molecule has 64 heavy (non-hydrogen) atoms. The maximum Gasteiger partial charge on any atom is 0.320 e. The molecule has 4 aromatic heterocycles. The van der Waals surface area contributed by atoms with Crippen LogP contribution in [0.4, 0.5) is 16.6 Å². The van der Waals surface area contributed by atoms with Crippen molar-refractivity contribution in [1.29, 1.82) is 0 Å². The highest BCUT2D eigenvalue weighted by molar-refractivity contribution is 7.85. The van der Waals surface area contributed by atoms with Gasteiger partial charge in [-0.1, -0.05) is 86.6 Å². The van der Waals surface area contributed by atoms with Crippen molar-refractivity contribution in [2.45, 2.75) is 155 Å². The monoisotopic (exact) mass is 916 g/mol. The molecule has 0 bridgehead atoms. The lowest BCUT2D eigenvalue weighted by Gasteiger charge is -2.42. The second-order valence-electron chi connectivity index (χ2n) is 19.5. The van der Waals surface area contributed by atoms with Crippen molar-refractivity contribution < 1.29 is 26.6 Å². The molecule has 1 aliphatic carbocycles. The van der Waals surface area contributed by atoms with Crippen LogP contribution in [0.5, 0.6) is 5.75 Å². The van der Waals surface area contributed by atoms with Crippen molar-refractivity contribution in [3.8, 4) is 11.4 Å². The lowest BCUT2D eigenvalue weighted by Crippen LogP contribution is -2.47. The van der Waals surface area contributed by atoms with Crippen molar-refractivity contribution >= 4 is 41.9 Å². The molecule has 16 nitrogen and oxygen atoms in total. The second-order valence-corrected chi connectivity index (χ2v) is 26.6. The summed E-state index contributed by atoms with van der Waals surface area (Å²) < 4.78 is 47.9. The topological polar surface area (TPSA) is 172 Å². The van der Waals surface area contributed by atoms with Crippen LogP contribution < -0.4 is 20.3 Å². The van der Waals surface area contributed by atoms with Crippen LogP contribution in [0, 0.1) is 0 Å². The summed E-state index contributed by atoms with van der Waals surface area (Å²) in [7, 11) is -5.97. The Balaban J connectivity index is 1.13. The number of rotatable bonds is 16. The molecule has 0 radical (unpaired) electrons. The maximum atomic E-state index is 14.2. The molecule has 5 heterocycles. The van der Waals surface area contributed by atoms with Gasteiger partial charge in [-0.25, -0.2) is 9.48 Å². The van der Waals surface area contributed by atoms with E-state index >= 15 is 0 Å². The van der Waals surface area contributed by atoms with Crippen LogP contribution in [0.3, 0.4) is 0 Å². The minimum Gasteiger partial charge on any atom is -0.484 e. The zero-order valence-corrected chi connectivity index (χ0v) is 41.3. The Bertz CT molecular complexity index is 2500. The van der Waals surface area contributed by atoms with Crippen molar-refractivity contribution in [3.05, 3.63) is 77.4 Å². The molecule has 348 valence electrons. The Hall–Kier alpha value is -4.78. The van der Waals surface area contributed by atoms with Gasteiger partial charge in [0.05, 0.1) is 50.1 Å². The summed E-state index contributed by atoms with van der Waals surface area (Å²) in [4.78, 5) is 16.5. The van der Waals surface area contributed by atoms with Gasteiger partial charge in [-0.3, -0.25) is 18.6 Å². The Morgan fingerprint density at radius 1 is 0.922 bits per heavy atom. The number of carbonyl (C=O) groups excluding carboxylic acids is 1. The molecule has 5 aromatic rings. The smallest absolute Gasteiger partial charge is 0.320 e. The van der Waals surface area contributed by atoms with Gasteiger partial charge in [-0.15, -0.1) is 10.2 Å². The van der Waals surface area contributed by atoms with Crippen LogP contribution in [0.25, 0.3) is 11.3 Å². The van der Waals surface area contributed by atoms with Crippen molar-refractivity contribution in [2.75, 3.05) is 29.6 Å². The van der Waals surface area contributed by atoms with Crippen LogP contribution in [0.2, 0.25) is 16.6 Å². The number of hydrogen-bond donors (Lipinski definition) is 2. The van der Waals surface area contributed by atoms with Gasteiger partial charge in [0.2, 0.25) is 14.3 Å². The maximum absolute atomic E-state index is 14.2. The van der Waals surface area contributed by atoms with E-state index in [-0.39, 0.29) is 43.4 Å². The fraction of sp³-hybridized carbons (Fsp3) is 0.587. The molecule has 18 heteroatoms. The first-order chi connectivity index (χ1) is 30.2. The summed E-state index contributed by atoms with van der Waals surface area (Å²) >= 11 is 0. The summed E-state index contributed by atoms with van der Waals surface area (Å²) in [5, 5.41) is 25.4. The van der Waals surface area contributed by atoms with E-state index in [2.05, 4.69) is 107 Å². The summed E-state index contributed by atoms with van der Waals surface area (Å²) in [6.45, 7) is 23.1. The molecule has 1 fully saturated rings. The van der Waals surface area contributed by atoms with E-state index in [0.29, 0.717) is 52.7 Å². The fourth-order valence-corrected chi connectivity index (χ4v) is 15.6. The van der Waals surface area contributed by atoms with Gasteiger partial charge in [0.25, 0.3) is 10.1 Å².